The summed E-state index contributed by atoms with van der Waals surface area (Å²) in [5, 5.41) is 0. The predicted octanol–water partition coefficient (Wildman–Crippen LogP) is 3.47. The lowest BCUT2D eigenvalue weighted by Gasteiger charge is -2.13. The van der Waals surface area contributed by atoms with Gasteiger partial charge in [-0.25, -0.2) is 4.79 Å². The van der Waals surface area contributed by atoms with E-state index in [0.717, 1.165) is 12.8 Å². The number of fused-ring (bicyclic) bond motifs is 2. The van der Waals surface area contributed by atoms with Crippen molar-refractivity contribution in [2.45, 2.75) is 32.1 Å². The summed E-state index contributed by atoms with van der Waals surface area (Å²) in [6.07, 6.45) is 4.52. The normalized spacial score (nSPS) is 15.3. The number of ether oxygens (including phenoxy) is 1. The smallest absolute Gasteiger partial charge is 0.348 e. The molecule has 0 fully saturated rings. The second-order valence-corrected chi connectivity index (χ2v) is 7.70. The third-order valence-electron chi connectivity index (χ3n) is 4.84. The molecule has 1 aromatic heterocycles. The molecule has 0 saturated carbocycles. The largest absolute Gasteiger partial charge is 0.462 e. The van der Waals surface area contributed by atoms with E-state index in [4.69, 9.17) is 4.74 Å². The molecule has 0 bridgehead atoms. The van der Waals surface area contributed by atoms with Gasteiger partial charge in [-0.3, -0.25) is 14.5 Å². The van der Waals surface area contributed by atoms with Crippen molar-refractivity contribution in [2.75, 3.05) is 13.2 Å². The second-order valence-electron chi connectivity index (χ2n) is 6.56. The maximum Gasteiger partial charge on any atom is 0.348 e. The number of carbonyl (C=O) groups is 3. The van der Waals surface area contributed by atoms with Crippen molar-refractivity contribution in [3.05, 3.63) is 56.8 Å². The second kappa shape index (κ2) is 7.03. The molecule has 0 saturated heterocycles. The van der Waals surface area contributed by atoms with Crippen molar-refractivity contribution >= 4 is 29.1 Å². The van der Waals surface area contributed by atoms with Crippen molar-refractivity contribution in [2.24, 2.45) is 0 Å². The Hall–Kier alpha value is -2.47. The van der Waals surface area contributed by atoms with E-state index in [1.54, 1.807) is 24.3 Å². The molecule has 26 heavy (non-hydrogen) atoms. The number of amides is 2. The lowest BCUT2D eigenvalue weighted by molar-refractivity contribution is 0.0491. The van der Waals surface area contributed by atoms with Crippen molar-refractivity contribution in [3.8, 4) is 0 Å². The van der Waals surface area contributed by atoms with E-state index in [1.807, 2.05) is 6.07 Å². The summed E-state index contributed by atoms with van der Waals surface area (Å²) in [6, 6.07) is 8.82. The summed E-state index contributed by atoms with van der Waals surface area (Å²) >= 11 is 1.54. The average Bonchev–Trinajstić information content (AvgIpc) is 3.30. The van der Waals surface area contributed by atoms with E-state index in [0.29, 0.717) is 42.0 Å². The molecule has 2 heterocycles. The molecule has 134 valence electrons. The molecule has 1 aliphatic heterocycles. The molecule has 0 spiro atoms. The van der Waals surface area contributed by atoms with Crippen LogP contribution in [0.15, 0.2) is 30.3 Å². The van der Waals surface area contributed by atoms with Crippen molar-refractivity contribution < 1.29 is 19.1 Å². The molecular formula is C20H19NO4S. The van der Waals surface area contributed by atoms with Gasteiger partial charge in [-0.15, -0.1) is 11.3 Å². The van der Waals surface area contributed by atoms with Gasteiger partial charge in [0.25, 0.3) is 11.8 Å². The Balaban J connectivity index is 1.23. The highest BCUT2D eigenvalue weighted by molar-refractivity contribution is 7.14. The number of thiophene rings is 1. The Labute approximate surface area is 155 Å². The molecule has 0 atom stereocenters. The number of hydrogen-bond acceptors (Lipinski definition) is 5. The van der Waals surface area contributed by atoms with Gasteiger partial charge < -0.3 is 4.74 Å². The molecule has 2 aliphatic rings. The topological polar surface area (TPSA) is 63.7 Å². The first-order valence-electron chi connectivity index (χ1n) is 8.89. The van der Waals surface area contributed by atoms with Crippen LogP contribution in [0.4, 0.5) is 0 Å². The zero-order valence-corrected chi connectivity index (χ0v) is 15.1. The van der Waals surface area contributed by atoms with E-state index >= 15 is 0 Å². The fourth-order valence-corrected chi connectivity index (χ4v) is 4.63. The molecule has 2 aromatic rings. The summed E-state index contributed by atoms with van der Waals surface area (Å²) in [5.74, 6) is -0.753. The van der Waals surface area contributed by atoms with Crippen LogP contribution >= 0.6 is 11.3 Å². The number of nitrogens with zero attached hydrogens (tertiary/aromatic N) is 1. The lowest BCUT2D eigenvalue weighted by Crippen LogP contribution is -2.30. The van der Waals surface area contributed by atoms with Gasteiger partial charge in [-0.1, -0.05) is 12.1 Å². The van der Waals surface area contributed by atoms with Gasteiger partial charge >= 0.3 is 5.97 Å². The fraction of sp³-hybridized carbons (Fsp3) is 0.350. The first kappa shape index (κ1) is 17.0. The van der Waals surface area contributed by atoms with Crippen LogP contribution in [-0.4, -0.2) is 35.8 Å². The predicted molar refractivity (Wildman–Crippen MR) is 97.7 cm³/mol. The number of hydrogen-bond donors (Lipinski definition) is 0. The summed E-state index contributed by atoms with van der Waals surface area (Å²) < 4.78 is 5.33. The van der Waals surface area contributed by atoms with Gasteiger partial charge in [0.2, 0.25) is 0 Å². The van der Waals surface area contributed by atoms with Gasteiger partial charge in [0, 0.05) is 11.4 Å². The van der Waals surface area contributed by atoms with Crippen LogP contribution < -0.4 is 0 Å². The quantitative estimate of drug-likeness (QED) is 0.444. The minimum Gasteiger partial charge on any atom is -0.462 e. The molecule has 6 heteroatoms. The van der Waals surface area contributed by atoms with Gasteiger partial charge in [0.15, 0.2) is 0 Å². The standard InChI is InChI=1S/C20H19NO4S/c22-18-14-7-1-2-8-15(14)19(23)21(18)10-3-4-11-25-20(24)17-12-13-6-5-9-16(13)26-17/h1-2,7-8,12H,3-6,9-11H2. The zero-order valence-electron chi connectivity index (χ0n) is 14.3. The number of carbonyl (C=O) groups excluding carboxylic acids is 3. The van der Waals surface area contributed by atoms with Crippen LogP contribution in [-0.2, 0) is 17.6 Å². The number of unbranched alkanes of at least 4 members (excludes halogenated alkanes) is 1. The molecule has 2 amide bonds. The highest BCUT2D eigenvalue weighted by Gasteiger charge is 2.34. The molecular weight excluding hydrogens is 350 g/mol. The van der Waals surface area contributed by atoms with Crippen LogP contribution in [0.5, 0.6) is 0 Å². The van der Waals surface area contributed by atoms with Gasteiger partial charge in [-0.05, 0) is 55.9 Å². The van der Waals surface area contributed by atoms with Crippen LogP contribution in [0.1, 0.15) is 60.1 Å². The van der Waals surface area contributed by atoms with Crippen LogP contribution in [0.2, 0.25) is 0 Å². The number of esters is 1. The van der Waals surface area contributed by atoms with Crippen molar-refractivity contribution in [3.63, 3.8) is 0 Å². The minimum atomic E-state index is -0.273. The summed E-state index contributed by atoms with van der Waals surface area (Å²) in [7, 11) is 0. The third kappa shape index (κ3) is 3.05. The molecule has 4 rings (SSSR count). The Kier molecular flexibility index (Phi) is 4.59. The van der Waals surface area contributed by atoms with Gasteiger partial charge in [0.1, 0.15) is 4.88 Å². The minimum absolute atomic E-state index is 0.240. The van der Waals surface area contributed by atoms with Crippen LogP contribution in [0.25, 0.3) is 0 Å². The van der Waals surface area contributed by atoms with E-state index in [-0.39, 0.29) is 17.8 Å². The third-order valence-corrected chi connectivity index (χ3v) is 6.05. The van der Waals surface area contributed by atoms with Crippen LogP contribution in [0, 0.1) is 0 Å². The Morgan fingerprint density at radius 1 is 1.08 bits per heavy atom. The maximum absolute atomic E-state index is 12.3. The average molecular weight is 369 g/mol. The zero-order chi connectivity index (χ0) is 18.1. The monoisotopic (exact) mass is 369 g/mol. The number of aryl methyl sites for hydroxylation is 2. The first-order chi connectivity index (χ1) is 12.6. The summed E-state index contributed by atoms with van der Waals surface area (Å²) in [4.78, 5) is 39.9. The molecule has 0 radical (unpaired) electrons. The Morgan fingerprint density at radius 2 is 1.81 bits per heavy atom. The Morgan fingerprint density at radius 3 is 2.50 bits per heavy atom. The fourth-order valence-electron chi connectivity index (χ4n) is 3.48. The molecule has 0 N–H and O–H groups in total. The van der Waals surface area contributed by atoms with Crippen molar-refractivity contribution in [1.82, 2.24) is 4.90 Å². The molecule has 5 nitrogen and oxygen atoms in total. The summed E-state index contributed by atoms with van der Waals surface area (Å²) in [5.41, 5.74) is 2.22. The SMILES string of the molecule is O=C(OCCCCN1C(=O)c2ccccc2C1=O)c1cc2c(s1)CCC2. The van der Waals surface area contributed by atoms with Crippen molar-refractivity contribution in [1.29, 1.82) is 0 Å². The maximum atomic E-state index is 12.3. The van der Waals surface area contributed by atoms with Gasteiger partial charge in [0.05, 0.1) is 17.7 Å². The lowest BCUT2D eigenvalue weighted by atomic mass is 10.1. The molecule has 0 unspecified atom stereocenters. The molecule has 1 aliphatic carbocycles. The van der Waals surface area contributed by atoms with E-state index in [1.165, 1.54) is 33.1 Å². The number of benzene rings is 1. The number of rotatable bonds is 6. The number of imide groups is 1. The molecule has 1 aromatic carbocycles. The highest BCUT2D eigenvalue weighted by Crippen LogP contribution is 2.31. The first-order valence-corrected chi connectivity index (χ1v) is 9.71. The van der Waals surface area contributed by atoms with Gasteiger partial charge in [-0.2, -0.15) is 0 Å². The van der Waals surface area contributed by atoms with E-state index in [9.17, 15) is 14.4 Å². The van der Waals surface area contributed by atoms with E-state index < -0.39 is 0 Å². The summed E-state index contributed by atoms with van der Waals surface area (Å²) in [6.45, 7) is 0.641. The Bertz CT molecular complexity index is 829. The highest BCUT2D eigenvalue weighted by atomic mass is 32.1. The van der Waals surface area contributed by atoms with Crippen LogP contribution in [0.3, 0.4) is 0 Å². The van der Waals surface area contributed by atoms with E-state index in [2.05, 4.69) is 0 Å².